The molecule has 1 aromatic carbocycles. The monoisotopic (exact) mass is 300 g/mol. The number of carbonyl (C=O) groups is 1. The number of benzene rings is 1. The van der Waals surface area contributed by atoms with E-state index in [1.807, 2.05) is 18.2 Å². The molecule has 1 atom stereocenters. The van der Waals surface area contributed by atoms with Crippen LogP contribution in [0, 0.1) is 0 Å². The highest BCUT2D eigenvalue weighted by molar-refractivity contribution is 7.09. The van der Waals surface area contributed by atoms with Gasteiger partial charge in [-0.2, -0.15) is 4.37 Å². The van der Waals surface area contributed by atoms with Crippen molar-refractivity contribution in [2.45, 2.75) is 6.10 Å². The van der Waals surface area contributed by atoms with Gasteiger partial charge in [0.1, 0.15) is 6.10 Å². The number of carbonyl (C=O) groups excluding carboxylic acids is 1. The highest BCUT2D eigenvalue weighted by Crippen LogP contribution is 2.22. The fourth-order valence-corrected chi connectivity index (χ4v) is 1.97. The summed E-state index contributed by atoms with van der Waals surface area (Å²) in [6.07, 6.45) is -0.897. The lowest BCUT2D eigenvalue weighted by Crippen LogP contribution is -2.21. The molecule has 0 radical (unpaired) electrons. The Hall–Kier alpha value is -1.54. The Bertz CT molecular complexity index is 535. The molecule has 0 spiro atoms. The van der Waals surface area contributed by atoms with Crippen LogP contribution in [-0.4, -0.2) is 26.9 Å². The fraction of sp³-hybridized carbons (Fsp3) is 0.182. The average Bonchev–Trinajstić information content (AvgIpc) is 2.87. The Morgan fingerprint density at radius 1 is 1.42 bits per heavy atom. The quantitative estimate of drug-likeness (QED) is 0.780. The molecular weight excluding hydrogens is 288 g/mol. The normalized spacial score (nSPS) is 11.5. The minimum absolute atomic E-state index is 0. The van der Waals surface area contributed by atoms with Crippen molar-refractivity contribution in [2.75, 3.05) is 11.9 Å². The Morgan fingerprint density at radius 2 is 2.11 bits per heavy atom. The molecule has 1 amide bonds. The summed E-state index contributed by atoms with van der Waals surface area (Å²) >= 11 is 1.01. The summed E-state index contributed by atoms with van der Waals surface area (Å²) in [7, 11) is 0. The molecule has 0 saturated carbocycles. The van der Waals surface area contributed by atoms with Gasteiger partial charge in [0.15, 0.2) is 5.82 Å². The number of nitrogens with two attached hydrogens (primary N) is 1. The van der Waals surface area contributed by atoms with Crippen LogP contribution in [0.1, 0.15) is 17.5 Å². The summed E-state index contributed by atoms with van der Waals surface area (Å²) in [5, 5.41) is 12.9. The Balaban J connectivity index is 0.00000180. The maximum atomic E-state index is 11.1. The van der Waals surface area contributed by atoms with E-state index in [-0.39, 0.29) is 30.7 Å². The summed E-state index contributed by atoms with van der Waals surface area (Å²) in [5.74, 6) is -0.0783. The molecule has 2 aromatic rings. The highest BCUT2D eigenvalue weighted by atomic mass is 35.5. The van der Waals surface area contributed by atoms with Crippen molar-refractivity contribution < 1.29 is 9.90 Å². The Kier molecular flexibility index (Phi) is 5.84. The van der Waals surface area contributed by atoms with Crippen LogP contribution >= 0.6 is 23.9 Å². The molecule has 1 heterocycles. The largest absolute Gasteiger partial charge is 0.380 e. The van der Waals surface area contributed by atoms with Gasteiger partial charge >= 0.3 is 0 Å². The number of nitrogens with zero attached hydrogens (tertiary/aromatic N) is 2. The van der Waals surface area contributed by atoms with Crippen molar-refractivity contribution in [1.29, 1.82) is 0 Å². The third-order valence-electron chi connectivity index (χ3n) is 2.23. The van der Waals surface area contributed by atoms with Crippen molar-refractivity contribution in [1.82, 2.24) is 9.36 Å². The molecule has 2 rings (SSSR count). The number of amides is 1. The molecule has 4 N–H and O–H groups in total. The van der Waals surface area contributed by atoms with E-state index >= 15 is 0 Å². The minimum atomic E-state index is -0.897. The zero-order valence-electron chi connectivity index (χ0n) is 9.81. The molecule has 0 aliphatic carbocycles. The molecule has 0 bridgehead atoms. The lowest BCUT2D eigenvalue weighted by molar-refractivity contribution is -0.114. The number of anilines is 1. The van der Waals surface area contributed by atoms with Gasteiger partial charge in [0.2, 0.25) is 11.0 Å². The summed E-state index contributed by atoms with van der Waals surface area (Å²) in [5.41, 5.74) is 5.87. The second-order valence-electron chi connectivity index (χ2n) is 3.52. The van der Waals surface area contributed by atoms with Gasteiger partial charge in [-0.1, -0.05) is 30.3 Å². The molecule has 8 heteroatoms. The molecule has 0 fully saturated rings. The predicted molar refractivity (Wildman–Crippen MR) is 75.3 cm³/mol. The highest BCUT2D eigenvalue weighted by Gasteiger charge is 2.16. The minimum Gasteiger partial charge on any atom is -0.380 e. The van der Waals surface area contributed by atoms with E-state index in [1.165, 1.54) is 0 Å². The smallest absolute Gasteiger partial charge is 0.239 e. The van der Waals surface area contributed by atoms with Crippen LogP contribution in [-0.2, 0) is 4.79 Å². The van der Waals surface area contributed by atoms with Crippen LogP contribution in [0.25, 0.3) is 0 Å². The first-order valence-corrected chi connectivity index (χ1v) is 6.04. The summed E-state index contributed by atoms with van der Waals surface area (Å²) in [6, 6.07) is 9.06. The van der Waals surface area contributed by atoms with Gasteiger partial charge in [-0.3, -0.25) is 10.1 Å². The topological polar surface area (TPSA) is 101 Å². The van der Waals surface area contributed by atoms with Gasteiger partial charge < -0.3 is 10.8 Å². The molecule has 0 saturated heterocycles. The number of aromatic nitrogens is 2. The van der Waals surface area contributed by atoms with Crippen LogP contribution in [0.5, 0.6) is 0 Å². The van der Waals surface area contributed by atoms with E-state index in [2.05, 4.69) is 14.7 Å². The molecule has 6 nitrogen and oxygen atoms in total. The van der Waals surface area contributed by atoms with E-state index in [0.29, 0.717) is 10.7 Å². The third kappa shape index (κ3) is 3.97. The van der Waals surface area contributed by atoms with Gasteiger partial charge in [-0.05, 0) is 5.56 Å². The number of halogens is 1. The number of aliphatic hydroxyl groups is 1. The number of hydrogen-bond acceptors (Lipinski definition) is 6. The number of nitrogens with one attached hydrogen (secondary N) is 1. The number of hydrogen-bond donors (Lipinski definition) is 3. The molecule has 1 aromatic heterocycles. The van der Waals surface area contributed by atoms with Crippen LogP contribution in [0.2, 0.25) is 0 Å². The molecule has 102 valence electrons. The van der Waals surface area contributed by atoms with E-state index in [0.717, 1.165) is 11.5 Å². The Labute approximate surface area is 120 Å². The Morgan fingerprint density at radius 3 is 2.74 bits per heavy atom. The molecule has 0 aliphatic rings. The van der Waals surface area contributed by atoms with Gasteiger partial charge in [0, 0.05) is 11.5 Å². The lowest BCUT2D eigenvalue weighted by atomic mass is 10.1. The van der Waals surface area contributed by atoms with Crippen LogP contribution in [0.4, 0.5) is 5.13 Å². The predicted octanol–water partition coefficient (Wildman–Crippen LogP) is 0.939. The van der Waals surface area contributed by atoms with E-state index in [1.54, 1.807) is 12.1 Å². The van der Waals surface area contributed by atoms with Gasteiger partial charge in [-0.25, -0.2) is 4.98 Å². The SMILES string of the molecule is Cl.NCC(=O)Nc1nc(C(O)c2ccccc2)ns1. The van der Waals surface area contributed by atoms with Crippen LogP contribution in [0.3, 0.4) is 0 Å². The zero-order valence-corrected chi connectivity index (χ0v) is 11.4. The van der Waals surface area contributed by atoms with Crippen molar-refractivity contribution in [3.05, 3.63) is 41.7 Å². The van der Waals surface area contributed by atoms with Gasteiger partial charge in [0.05, 0.1) is 6.54 Å². The van der Waals surface area contributed by atoms with E-state index in [4.69, 9.17) is 5.73 Å². The summed E-state index contributed by atoms with van der Waals surface area (Å²) in [6.45, 7) is -0.115. The molecule has 1 unspecified atom stereocenters. The van der Waals surface area contributed by atoms with Crippen molar-refractivity contribution in [2.24, 2.45) is 5.73 Å². The first-order valence-electron chi connectivity index (χ1n) is 5.27. The van der Waals surface area contributed by atoms with Crippen LogP contribution < -0.4 is 11.1 Å². The second kappa shape index (κ2) is 7.15. The fourth-order valence-electron chi connectivity index (χ4n) is 1.35. The third-order valence-corrected chi connectivity index (χ3v) is 2.88. The lowest BCUT2D eigenvalue weighted by Gasteiger charge is -2.05. The first-order chi connectivity index (χ1) is 8.70. The molecular formula is C11H13ClN4O2S. The maximum Gasteiger partial charge on any atom is 0.239 e. The zero-order chi connectivity index (χ0) is 13.0. The summed E-state index contributed by atoms with van der Waals surface area (Å²) < 4.78 is 4.00. The van der Waals surface area contributed by atoms with Gasteiger partial charge in [-0.15, -0.1) is 12.4 Å². The second-order valence-corrected chi connectivity index (χ2v) is 4.28. The van der Waals surface area contributed by atoms with Crippen LogP contribution in [0.15, 0.2) is 30.3 Å². The number of rotatable bonds is 4. The number of aliphatic hydroxyl groups excluding tert-OH is 1. The maximum absolute atomic E-state index is 11.1. The van der Waals surface area contributed by atoms with E-state index in [9.17, 15) is 9.90 Å². The average molecular weight is 301 g/mol. The standard InChI is InChI=1S/C11H12N4O2S.ClH/c12-6-8(16)13-11-14-10(15-18-11)9(17)7-4-2-1-3-5-7;/h1-5,9,17H,6,12H2,(H,13,14,15,16);1H. The van der Waals surface area contributed by atoms with Crippen molar-refractivity contribution in [3.63, 3.8) is 0 Å². The van der Waals surface area contributed by atoms with E-state index < -0.39 is 6.10 Å². The molecule has 0 aliphatic heterocycles. The van der Waals surface area contributed by atoms with Gasteiger partial charge in [0.25, 0.3) is 0 Å². The summed E-state index contributed by atoms with van der Waals surface area (Å²) in [4.78, 5) is 15.1. The van der Waals surface area contributed by atoms with Crippen molar-refractivity contribution in [3.8, 4) is 0 Å². The van der Waals surface area contributed by atoms with Crippen molar-refractivity contribution >= 4 is 35.0 Å². The molecule has 19 heavy (non-hydrogen) atoms. The first kappa shape index (κ1) is 15.5.